The standard InChI is InChI=1S/C31H30N6O2/c1-21-26(20-36(2)35-21)22-14-16-25(17-15-22)33-31(39)29(34-30(38)27-18-19-32-37(27)3)28(23-10-6-4-7-11-23)24-12-8-5-9-13-24/h4-20,28-29H,1-3H3,(H2,33,34,38,39)/p+1/t29-/m0/s1. The SMILES string of the molecule is Cc1[nH][n+](C)cc1-c1ccc(NC(=O)[C@@H](NC(=O)c2ccnn2C)C(c2ccccc2)c2ccccc2)cc1. The maximum absolute atomic E-state index is 13.9. The highest BCUT2D eigenvalue weighted by atomic mass is 16.2. The van der Waals surface area contributed by atoms with Crippen molar-refractivity contribution in [2.45, 2.75) is 18.9 Å². The Morgan fingerprint density at radius 3 is 2.03 bits per heavy atom. The second-order valence-electron chi connectivity index (χ2n) is 9.55. The van der Waals surface area contributed by atoms with Gasteiger partial charge < -0.3 is 10.6 Å². The van der Waals surface area contributed by atoms with Gasteiger partial charge in [-0.1, -0.05) is 72.8 Å². The summed E-state index contributed by atoms with van der Waals surface area (Å²) >= 11 is 0. The van der Waals surface area contributed by atoms with E-state index >= 15 is 0 Å². The molecule has 1 atom stereocenters. The second-order valence-corrected chi connectivity index (χ2v) is 9.55. The van der Waals surface area contributed by atoms with E-state index in [2.05, 4.69) is 20.8 Å². The van der Waals surface area contributed by atoms with Gasteiger partial charge in [0.2, 0.25) is 12.1 Å². The minimum Gasteiger partial charge on any atom is -0.338 e. The van der Waals surface area contributed by atoms with Crippen molar-refractivity contribution in [3.05, 3.63) is 126 Å². The Labute approximate surface area is 227 Å². The van der Waals surface area contributed by atoms with Crippen molar-refractivity contribution < 1.29 is 14.3 Å². The van der Waals surface area contributed by atoms with Gasteiger partial charge in [-0.3, -0.25) is 14.3 Å². The molecule has 8 nitrogen and oxygen atoms in total. The van der Waals surface area contributed by atoms with E-state index in [1.807, 2.05) is 110 Å². The number of carbonyl (C=O) groups excluding carboxylic acids is 2. The summed E-state index contributed by atoms with van der Waals surface area (Å²) in [7, 11) is 3.64. The molecule has 2 aromatic heterocycles. The molecular weight excluding hydrogens is 488 g/mol. The molecule has 0 saturated carbocycles. The molecule has 3 N–H and O–H groups in total. The van der Waals surface area contributed by atoms with Crippen LogP contribution in [0.4, 0.5) is 5.69 Å². The van der Waals surface area contributed by atoms with Gasteiger partial charge in [-0.05, 0) is 41.8 Å². The molecule has 0 radical (unpaired) electrons. The number of amides is 2. The summed E-state index contributed by atoms with van der Waals surface area (Å²) < 4.78 is 3.40. The molecule has 0 spiro atoms. The summed E-state index contributed by atoms with van der Waals surface area (Å²) in [6.07, 6.45) is 3.58. The van der Waals surface area contributed by atoms with Crippen LogP contribution in [0.1, 0.15) is 33.2 Å². The molecule has 0 aliphatic rings. The molecule has 0 aliphatic heterocycles. The van der Waals surface area contributed by atoms with Crippen molar-refractivity contribution in [1.29, 1.82) is 0 Å². The van der Waals surface area contributed by atoms with Gasteiger partial charge in [0.05, 0.1) is 11.3 Å². The first-order valence-electron chi connectivity index (χ1n) is 12.8. The van der Waals surface area contributed by atoms with Crippen molar-refractivity contribution in [2.24, 2.45) is 14.1 Å². The molecule has 0 aliphatic carbocycles. The van der Waals surface area contributed by atoms with Gasteiger partial charge in [-0.25, -0.2) is 0 Å². The van der Waals surface area contributed by atoms with E-state index in [1.54, 1.807) is 19.3 Å². The first-order valence-corrected chi connectivity index (χ1v) is 12.8. The number of nitrogens with one attached hydrogen (secondary N) is 3. The zero-order valence-corrected chi connectivity index (χ0v) is 22.1. The molecule has 0 fully saturated rings. The quantitative estimate of drug-likeness (QED) is 0.269. The van der Waals surface area contributed by atoms with Gasteiger partial charge in [0.1, 0.15) is 11.7 Å². The van der Waals surface area contributed by atoms with E-state index < -0.39 is 12.0 Å². The number of aromatic amines is 1. The van der Waals surface area contributed by atoms with Crippen LogP contribution in [0.15, 0.2) is 103 Å². The first kappa shape index (κ1) is 25.7. The highest BCUT2D eigenvalue weighted by molar-refractivity contribution is 6.01. The summed E-state index contributed by atoms with van der Waals surface area (Å²) in [4.78, 5) is 27.3. The number of rotatable bonds is 8. The van der Waals surface area contributed by atoms with Crippen molar-refractivity contribution >= 4 is 17.5 Å². The number of hydrogen-bond donors (Lipinski definition) is 3. The number of anilines is 1. The van der Waals surface area contributed by atoms with Crippen LogP contribution < -0.4 is 15.3 Å². The van der Waals surface area contributed by atoms with Crippen molar-refractivity contribution in [3.8, 4) is 11.1 Å². The summed E-state index contributed by atoms with van der Waals surface area (Å²) in [5.41, 5.74) is 6.02. The van der Waals surface area contributed by atoms with Gasteiger partial charge in [-0.2, -0.15) is 10.2 Å². The lowest BCUT2D eigenvalue weighted by Crippen LogP contribution is -2.48. The maximum atomic E-state index is 13.9. The Balaban J connectivity index is 1.49. The highest BCUT2D eigenvalue weighted by Gasteiger charge is 2.33. The third kappa shape index (κ3) is 5.65. The Morgan fingerprint density at radius 1 is 0.897 bits per heavy atom. The molecular formula is C31H31N6O2+. The van der Waals surface area contributed by atoms with Crippen LogP contribution in [0.3, 0.4) is 0 Å². The fourth-order valence-corrected chi connectivity index (χ4v) is 4.90. The Bertz CT molecular complexity index is 1530. The lowest BCUT2D eigenvalue weighted by Gasteiger charge is -2.28. The molecule has 8 heteroatoms. The number of benzene rings is 3. The number of aryl methyl sites for hydroxylation is 3. The van der Waals surface area contributed by atoms with E-state index in [4.69, 9.17) is 0 Å². The maximum Gasteiger partial charge on any atom is 0.270 e. The van der Waals surface area contributed by atoms with Crippen molar-refractivity contribution in [2.75, 3.05) is 5.32 Å². The molecule has 5 rings (SSSR count). The van der Waals surface area contributed by atoms with Crippen LogP contribution >= 0.6 is 0 Å². The second kappa shape index (κ2) is 11.2. The van der Waals surface area contributed by atoms with Crippen LogP contribution in [0, 0.1) is 6.92 Å². The molecule has 3 aromatic carbocycles. The number of aromatic nitrogens is 4. The number of carbonyl (C=O) groups is 2. The fourth-order valence-electron chi connectivity index (χ4n) is 4.90. The number of hydrogen-bond acceptors (Lipinski definition) is 3. The monoisotopic (exact) mass is 519 g/mol. The predicted octanol–water partition coefficient (Wildman–Crippen LogP) is 4.12. The average molecular weight is 520 g/mol. The van der Waals surface area contributed by atoms with Gasteiger partial charge in [0, 0.05) is 24.8 Å². The molecule has 2 amide bonds. The zero-order chi connectivity index (χ0) is 27.4. The van der Waals surface area contributed by atoms with Crippen LogP contribution in [0.25, 0.3) is 11.1 Å². The average Bonchev–Trinajstić information content (AvgIpc) is 3.53. The third-order valence-electron chi connectivity index (χ3n) is 6.81. The smallest absolute Gasteiger partial charge is 0.270 e. The van der Waals surface area contributed by atoms with E-state index in [1.165, 1.54) is 4.68 Å². The first-order chi connectivity index (χ1) is 18.9. The fraction of sp³-hybridized carbons (Fsp3) is 0.161. The van der Waals surface area contributed by atoms with Gasteiger partial charge in [0.25, 0.3) is 5.91 Å². The minimum atomic E-state index is -0.900. The van der Waals surface area contributed by atoms with Gasteiger partial charge in [-0.15, -0.1) is 4.68 Å². The predicted molar refractivity (Wildman–Crippen MR) is 150 cm³/mol. The molecule has 196 valence electrons. The number of H-pyrrole nitrogens is 1. The summed E-state index contributed by atoms with van der Waals surface area (Å²) in [6.45, 7) is 2.02. The molecule has 39 heavy (non-hydrogen) atoms. The normalized spacial score (nSPS) is 11.8. The molecule has 2 heterocycles. The highest BCUT2D eigenvalue weighted by Crippen LogP contribution is 2.30. The lowest BCUT2D eigenvalue weighted by molar-refractivity contribution is -0.726. The third-order valence-corrected chi connectivity index (χ3v) is 6.81. The van der Waals surface area contributed by atoms with Gasteiger partial charge in [0.15, 0.2) is 7.05 Å². The molecule has 0 unspecified atom stereocenters. The molecule has 0 saturated heterocycles. The van der Waals surface area contributed by atoms with Gasteiger partial charge >= 0.3 is 0 Å². The van der Waals surface area contributed by atoms with Crippen LogP contribution in [0.2, 0.25) is 0 Å². The molecule has 0 bridgehead atoms. The molecule has 5 aromatic rings. The topological polar surface area (TPSA) is 95.7 Å². The van der Waals surface area contributed by atoms with E-state index in [0.717, 1.165) is 27.9 Å². The minimum absolute atomic E-state index is 0.319. The van der Waals surface area contributed by atoms with Crippen LogP contribution in [0.5, 0.6) is 0 Å². The lowest BCUT2D eigenvalue weighted by atomic mass is 9.84. The Morgan fingerprint density at radius 2 is 1.51 bits per heavy atom. The van der Waals surface area contributed by atoms with Crippen LogP contribution in [-0.4, -0.2) is 32.7 Å². The van der Waals surface area contributed by atoms with Crippen LogP contribution in [-0.2, 0) is 18.9 Å². The summed E-state index contributed by atoms with van der Waals surface area (Å²) in [6, 6.07) is 27.9. The largest absolute Gasteiger partial charge is 0.338 e. The summed E-state index contributed by atoms with van der Waals surface area (Å²) in [5.74, 6) is -1.12. The van der Waals surface area contributed by atoms with E-state index in [0.29, 0.717) is 11.4 Å². The van der Waals surface area contributed by atoms with Crippen molar-refractivity contribution in [1.82, 2.24) is 20.2 Å². The Kier molecular flexibility index (Phi) is 7.36. The van der Waals surface area contributed by atoms with E-state index in [9.17, 15) is 9.59 Å². The van der Waals surface area contributed by atoms with E-state index in [-0.39, 0.29) is 11.8 Å². The number of nitrogens with zero attached hydrogens (tertiary/aromatic N) is 3. The van der Waals surface area contributed by atoms with Crippen molar-refractivity contribution in [3.63, 3.8) is 0 Å². The summed E-state index contributed by atoms with van der Waals surface area (Å²) in [5, 5.41) is 13.4. The Hall–Kier alpha value is -4.98. The zero-order valence-electron chi connectivity index (χ0n) is 22.1.